The Morgan fingerprint density at radius 1 is 1.15 bits per heavy atom. The molecular weight excluding hydrogens is 324 g/mol. The molecule has 0 spiro atoms. The van der Waals surface area contributed by atoms with E-state index < -0.39 is 0 Å². The molecule has 0 aliphatic carbocycles. The molecule has 2 aromatic carbocycles. The number of benzene rings is 2. The molecule has 5 nitrogen and oxygen atoms in total. The molecule has 138 valence electrons. The van der Waals surface area contributed by atoms with Gasteiger partial charge in [0.05, 0.1) is 18.7 Å². The largest absolute Gasteiger partial charge is 0.383 e. The molecule has 0 fully saturated rings. The number of para-hydroxylation sites is 2. The van der Waals surface area contributed by atoms with Crippen LogP contribution in [0.2, 0.25) is 0 Å². The van der Waals surface area contributed by atoms with Crippen molar-refractivity contribution in [2.24, 2.45) is 0 Å². The van der Waals surface area contributed by atoms with Gasteiger partial charge in [0, 0.05) is 25.4 Å². The maximum atomic E-state index is 5.45. The van der Waals surface area contributed by atoms with E-state index in [1.54, 1.807) is 7.11 Å². The lowest BCUT2D eigenvalue weighted by Gasteiger charge is -2.34. The van der Waals surface area contributed by atoms with E-state index in [-0.39, 0.29) is 6.04 Å². The molecule has 3 aromatic rings. The molecule has 0 amide bonds. The lowest BCUT2D eigenvalue weighted by molar-refractivity contribution is 0.181. The standard InChI is InChI=1S/C21H28N4O/c1-5-18-10-8-9-16(2)21(18)24(17(3)15-26-4)13-14-25-20-12-7-6-11-19(20)22-23-25/h6-12,17H,5,13-15H2,1-4H3/t17-/m1/s1. The van der Waals surface area contributed by atoms with Crippen LogP contribution >= 0.6 is 0 Å². The zero-order chi connectivity index (χ0) is 18.5. The van der Waals surface area contributed by atoms with Crippen LogP contribution in [-0.4, -0.2) is 41.3 Å². The quantitative estimate of drug-likeness (QED) is 0.618. The number of methoxy groups -OCH3 is 1. The van der Waals surface area contributed by atoms with Crippen LogP contribution < -0.4 is 4.90 Å². The van der Waals surface area contributed by atoms with E-state index in [1.165, 1.54) is 16.8 Å². The minimum absolute atomic E-state index is 0.279. The van der Waals surface area contributed by atoms with Gasteiger partial charge in [-0.15, -0.1) is 5.10 Å². The van der Waals surface area contributed by atoms with Crippen molar-refractivity contribution < 1.29 is 4.74 Å². The van der Waals surface area contributed by atoms with Gasteiger partial charge in [-0.1, -0.05) is 42.5 Å². The second-order valence-corrected chi connectivity index (χ2v) is 6.74. The van der Waals surface area contributed by atoms with E-state index in [9.17, 15) is 0 Å². The number of aryl methyl sites for hydroxylation is 2. The predicted molar refractivity (Wildman–Crippen MR) is 107 cm³/mol. The van der Waals surface area contributed by atoms with Gasteiger partial charge in [0.2, 0.25) is 0 Å². The molecule has 5 heteroatoms. The van der Waals surface area contributed by atoms with Crippen molar-refractivity contribution >= 4 is 16.7 Å². The van der Waals surface area contributed by atoms with Gasteiger partial charge in [-0.2, -0.15) is 0 Å². The summed E-state index contributed by atoms with van der Waals surface area (Å²) in [5.41, 5.74) is 6.01. The normalized spacial score (nSPS) is 12.5. The summed E-state index contributed by atoms with van der Waals surface area (Å²) in [6.45, 7) is 8.94. The third-order valence-corrected chi connectivity index (χ3v) is 4.90. The third kappa shape index (κ3) is 3.73. The Labute approximate surface area is 155 Å². The number of ether oxygens (including phenoxy) is 1. The lowest BCUT2D eigenvalue weighted by atomic mass is 10.0. The Morgan fingerprint density at radius 3 is 2.73 bits per heavy atom. The molecule has 1 aromatic heterocycles. The zero-order valence-electron chi connectivity index (χ0n) is 16.1. The Hall–Kier alpha value is -2.40. The molecule has 0 saturated heterocycles. The van der Waals surface area contributed by atoms with Crippen molar-refractivity contribution in [3.05, 3.63) is 53.6 Å². The highest BCUT2D eigenvalue weighted by Crippen LogP contribution is 2.28. The summed E-state index contributed by atoms with van der Waals surface area (Å²) in [6, 6.07) is 14.9. The maximum absolute atomic E-state index is 5.45. The fraction of sp³-hybridized carbons (Fsp3) is 0.429. The van der Waals surface area contributed by atoms with Crippen LogP contribution in [0.25, 0.3) is 11.0 Å². The average molecular weight is 352 g/mol. The van der Waals surface area contributed by atoms with Crippen LogP contribution in [0.1, 0.15) is 25.0 Å². The first-order chi connectivity index (χ1) is 12.7. The average Bonchev–Trinajstić information content (AvgIpc) is 3.06. The van der Waals surface area contributed by atoms with Crippen molar-refractivity contribution in [3.63, 3.8) is 0 Å². The molecule has 0 radical (unpaired) electrons. The molecule has 0 unspecified atom stereocenters. The summed E-state index contributed by atoms with van der Waals surface area (Å²) >= 11 is 0. The minimum atomic E-state index is 0.279. The van der Waals surface area contributed by atoms with E-state index in [1.807, 2.05) is 22.9 Å². The highest BCUT2D eigenvalue weighted by Gasteiger charge is 2.19. The summed E-state index contributed by atoms with van der Waals surface area (Å²) in [7, 11) is 1.76. The molecule has 0 bridgehead atoms. The van der Waals surface area contributed by atoms with Crippen molar-refractivity contribution in [1.82, 2.24) is 15.0 Å². The topological polar surface area (TPSA) is 43.2 Å². The van der Waals surface area contributed by atoms with Gasteiger partial charge >= 0.3 is 0 Å². The van der Waals surface area contributed by atoms with Gasteiger partial charge in [0.15, 0.2) is 0 Å². The fourth-order valence-electron chi connectivity index (χ4n) is 3.58. The number of aromatic nitrogens is 3. The van der Waals surface area contributed by atoms with E-state index >= 15 is 0 Å². The van der Waals surface area contributed by atoms with Gasteiger partial charge < -0.3 is 9.64 Å². The van der Waals surface area contributed by atoms with Gasteiger partial charge in [-0.05, 0) is 43.5 Å². The summed E-state index contributed by atoms with van der Waals surface area (Å²) in [4.78, 5) is 2.45. The smallest absolute Gasteiger partial charge is 0.113 e. The van der Waals surface area contributed by atoms with Gasteiger partial charge in [0.25, 0.3) is 0 Å². The molecule has 0 aliphatic heterocycles. The Balaban J connectivity index is 1.90. The van der Waals surface area contributed by atoms with Crippen LogP contribution in [0.4, 0.5) is 5.69 Å². The molecule has 1 atom stereocenters. The second-order valence-electron chi connectivity index (χ2n) is 6.74. The van der Waals surface area contributed by atoms with Crippen LogP contribution in [0.15, 0.2) is 42.5 Å². The lowest BCUT2D eigenvalue weighted by Crippen LogP contribution is -2.39. The molecular formula is C21H28N4O. The highest BCUT2D eigenvalue weighted by atomic mass is 16.5. The minimum Gasteiger partial charge on any atom is -0.383 e. The monoisotopic (exact) mass is 352 g/mol. The van der Waals surface area contributed by atoms with E-state index in [2.05, 4.69) is 60.2 Å². The van der Waals surface area contributed by atoms with E-state index in [4.69, 9.17) is 4.74 Å². The molecule has 26 heavy (non-hydrogen) atoms. The number of rotatable bonds is 8. The number of nitrogens with zero attached hydrogens (tertiary/aromatic N) is 4. The zero-order valence-corrected chi connectivity index (χ0v) is 16.1. The van der Waals surface area contributed by atoms with Gasteiger partial charge in [-0.3, -0.25) is 0 Å². The highest BCUT2D eigenvalue weighted by molar-refractivity contribution is 5.73. The summed E-state index contributed by atoms with van der Waals surface area (Å²) in [5, 5.41) is 8.61. The van der Waals surface area contributed by atoms with Crippen LogP contribution in [0, 0.1) is 6.92 Å². The van der Waals surface area contributed by atoms with Gasteiger partial charge in [-0.25, -0.2) is 4.68 Å². The van der Waals surface area contributed by atoms with Crippen molar-refractivity contribution in [3.8, 4) is 0 Å². The summed E-state index contributed by atoms with van der Waals surface area (Å²) < 4.78 is 7.44. The number of hydrogen-bond acceptors (Lipinski definition) is 4. The van der Waals surface area contributed by atoms with Crippen LogP contribution in [0.3, 0.4) is 0 Å². The molecule has 3 rings (SSSR count). The Morgan fingerprint density at radius 2 is 1.96 bits per heavy atom. The van der Waals surface area contributed by atoms with Gasteiger partial charge in [0.1, 0.15) is 5.52 Å². The molecule has 0 aliphatic rings. The number of hydrogen-bond donors (Lipinski definition) is 0. The molecule has 0 saturated carbocycles. The van der Waals surface area contributed by atoms with Crippen LogP contribution in [0.5, 0.6) is 0 Å². The van der Waals surface area contributed by atoms with E-state index in [0.29, 0.717) is 6.61 Å². The third-order valence-electron chi connectivity index (χ3n) is 4.90. The predicted octanol–water partition coefficient (Wildman–Crippen LogP) is 3.84. The number of anilines is 1. The molecule has 0 N–H and O–H groups in total. The number of fused-ring (bicyclic) bond motifs is 1. The first kappa shape index (κ1) is 18.4. The maximum Gasteiger partial charge on any atom is 0.113 e. The second kappa shape index (κ2) is 8.32. The fourth-order valence-corrected chi connectivity index (χ4v) is 3.58. The first-order valence-electron chi connectivity index (χ1n) is 9.28. The summed E-state index contributed by atoms with van der Waals surface area (Å²) in [6.07, 6.45) is 1.01. The van der Waals surface area contributed by atoms with E-state index in [0.717, 1.165) is 30.5 Å². The van der Waals surface area contributed by atoms with Crippen molar-refractivity contribution in [1.29, 1.82) is 0 Å². The van der Waals surface area contributed by atoms with Crippen LogP contribution in [-0.2, 0) is 17.7 Å². The summed E-state index contributed by atoms with van der Waals surface area (Å²) in [5.74, 6) is 0. The van der Waals surface area contributed by atoms with Crippen molar-refractivity contribution in [2.45, 2.75) is 39.8 Å². The Kier molecular flexibility index (Phi) is 5.89. The first-order valence-corrected chi connectivity index (χ1v) is 9.28. The Bertz CT molecular complexity index is 858. The SMILES string of the molecule is CCc1cccc(C)c1N(CCn1nnc2ccccc21)[C@H](C)COC. The molecule has 1 heterocycles. The van der Waals surface area contributed by atoms with Crippen molar-refractivity contribution in [2.75, 3.05) is 25.2 Å².